The first-order chi connectivity index (χ1) is 10.4. The molecular formula is C17H23NO3S. The molecule has 2 atom stereocenters. The maximum atomic E-state index is 12.6. The molecule has 1 heterocycles. The third kappa shape index (κ3) is 3.83. The van der Waals surface area contributed by atoms with E-state index >= 15 is 0 Å². The van der Waals surface area contributed by atoms with Gasteiger partial charge in [0.1, 0.15) is 0 Å². The Bertz CT molecular complexity index is 541. The first kappa shape index (κ1) is 16.9. The summed E-state index contributed by atoms with van der Waals surface area (Å²) in [6, 6.07) is 7.33. The predicted molar refractivity (Wildman–Crippen MR) is 88.3 cm³/mol. The SMILES string of the molecule is CC(C)Sc1ccc(C(=O)N2CCC[C@H](C(=O)O)[C@@H]2C)cc1. The number of carbonyl (C=O) groups is 2. The van der Waals surface area contributed by atoms with Crippen molar-refractivity contribution in [2.24, 2.45) is 5.92 Å². The molecule has 1 fully saturated rings. The number of benzene rings is 1. The summed E-state index contributed by atoms with van der Waals surface area (Å²) >= 11 is 1.76. The molecule has 1 aliphatic rings. The smallest absolute Gasteiger partial charge is 0.308 e. The topological polar surface area (TPSA) is 57.6 Å². The highest BCUT2D eigenvalue weighted by atomic mass is 32.2. The number of carboxylic acids is 1. The Labute approximate surface area is 135 Å². The monoisotopic (exact) mass is 321 g/mol. The number of rotatable bonds is 4. The van der Waals surface area contributed by atoms with Crippen molar-refractivity contribution in [3.8, 4) is 0 Å². The summed E-state index contributed by atoms with van der Waals surface area (Å²) < 4.78 is 0. The van der Waals surface area contributed by atoms with E-state index in [1.165, 1.54) is 0 Å². The van der Waals surface area contributed by atoms with Crippen molar-refractivity contribution >= 4 is 23.6 Å². The van der Waals surface area contributed by atoms with Crippen LogP contribution in [0.3, 0.4) is 0 Å². The summed E-state index contributed by atoms with van der Waals surface area (Å²) in [4.78, 5) is 26.8. The van der Waals surface area contributed by atoms with Crippen molar-refractivity contribution in [3.63, 3.8) is 0 Å². The number of piperidine rings is 1. The number of hydrogen-bond donors (Lipinski definition) is 1. The Morgan fingerprint density at radius 3 is 2.45 bits per heavy atom. The number of thioether (sulfide) groups is 1. The maximum absolute atomic E-state index is 12.6. The van der Waals surface area contributed by atoms with Crippen molar-refractivity contribution in [2.75, 3.05) is 6.54 Å². The van der Waals surface area contributed by atoms with E-state index in [-0.39, 0.29) is 11.9 Å². The molecule has 2 rings (SSSR count). The molecule has 0 radical (unpaired) electrons. The fourth-order valence-electron chi connectivity index (χ4n) is 2.87. The first-order valence-corrected chi connectivity index (χ1v) is 8.58. The van der Waals surface area contributed by atoms with Crippen LogP contribution in [0.4, 0.5) is 0 Å². The van der Waals surface area contributed by atoms with Gasteiger partial charge in [-0.1, -0.05) is 13.8 Å². The van der Waals surface area contributed by atoms with E-state index in [0.717, 1.165) is 11.3 Å². The van der Waals surface area contributed by atoms with Crippen LogP contribution in [0.25, 0.3) is 0 Å². The van der Waals surface area contributed by atoms with E-state index < -0.39 is 11.9 Å². The molecule has 0 aromatic heterocycles. The summed E-state index contributed by atoms with van der Waals surface area (Å²) in [7, 11) is 0. The lowest BCUT2D eigenvalue weighted by Crippen LogP contribution is -2.49. The molecule has 1 aromatic rings. The van der Waals surface area contributed by atoms with Gasteiger partial charge in [-0.3, -0.25) is 9.59 Å². The van der Waals surface area contributed by atoms with Crippen molar-refractivity contribution < 1.29 is 14.7 Å². The van der Waals surface area contributed by atoms with Gasteiger partial charge in [0, 0.05) is 28.3 Å². The van der Waals surface area contributed by atoms with Gasteiger partial charge in [0.15, 0.2) is 0 Å². The Balaban J connectivity index is 2.11. The Hall–Kier alpha value is -1.49. The molecule has 0 saturated carbocycles. The number of likely N-dealkylation sites (tertiary alicyclic amines) is 1. The van der Waals surface area contributed by atoms with Crippen LogP contribution in [0.5, 0.6) is 0 Å². The van der Waals surface area contributed by atoms with Crippen molar-refractivity contribution in [1.82, 2.24) is 4.90 Å². The van der Waals surface area contributed by atoms with Crippen LogP contribution in [0.1, 0.15) is 44.0 Å². The summed E-state index contributed by atoms with van der Waals surface area (Å²) in [5, 5.41) is 9.76. The molecule has 5 heteroatoms. The fraction of sp³-hybridized carbons (Fsp3) is 0.529. The van der Waals surface area contributed by atoms with E-state index in [1.807, 2.05) is 31.2 Å². The van der Waals surface area contributed by atoms with Gasteiger partial charge in [0.2, 0.25) is 0 Å². The average Bonchev–Trinajstić information content (AvgIpc) is 2.46. The largest absolute Gasteiger partial charge is 0.481 e. The minimum atomic E-state index is -0.811. The fourth-order valence-corrected chi connectivity index (χ4v) is 3.71. The number of hydrogen-bond acceptors (Lipinski definition) is 3. The molecule has 1 N–H and O–H groups in total. The minimum absolute atomic E-state index is 0.0699. The van der Waals surface area contributed by atoms with Gasteiger partial charge in [-0.05, 0) is 44.0 Å². The lowest BCUT2D eigenvalue weighted by atomic mass is 9.90. The normalized spacial score (nSPS) is 21.9. The molecule has 4 nitrogen and oxygen atoms in total. The second-order valence-corrected chi connectivity index (χ2v) is 7.67. The molecule has 0 bridgehead atoms. The van der Waals surface area contributed by atoms with Crippen molar-refractivity contribution in [1.29, 1.82) is 0 Å². The molecule has 120 valence electrons. The van der Waals surface area contributed by atoms with Gasteiger partial charge in [0.05, 0.1) is 5.92 Å². The zero-order valence-electron chi connectivity index (χ0n) is 13.3. The van der Waals surface area contributed by atoms with Gasteiger partial charge in [-0.15, -0.1) is 11.8 Å². The van der Waals surface area contributed by atoms with Gasteiger partial charge in [-0.2, -0.15) is 0 Å². The molecule has 0 spiro atoms. The van der Waals surface area contributed by atoms with Crippen molar-refractivity contribution in [3.05, 3.63) is 29.8 Å². The van der Waals surface area contributed by atoms with Crippen LogP contribution in [0, 0.1) is 5.92 Å². The molecule has 1 amide bonds. The first-order valence-electron chi connectivity index (χ1n) is 7.70. The lowest BCUT2D eigenvalue weighted by Gasteiger charge is -2.37. The van der Waals surface area contributed by atoms with Gasteiger partial charge in [0.25, 0.3) is 5.91 Å². The molecular weight excluding hydrogens is 298 g/mol. The van der Waals surface area contributed by atoms with E-state index in [1.54, 1.807) is 16.7 Å². The van der Waals surface area contributed by atoms with Gasteiger partial charge < -0.3 is 10.0 Å². The second-order valence-electron chi connectivity index (χ2n) is 6.02. The Morgan fingerprint density at radius 2 is 1.91 bits per heavy atom. The standard InChI is InChI=1S/C17H23NO3S/c1-11(2)22-14-8-6-13(7-9-14)16(19)18-10-4-5-15(12(18)3)17(20)21/h6-9,11-12,15H,4-5,10H2,1-3H3,(H,20,21)/t12-,15-/m0/s1. The second kappa shape index (κ2) is 7.18. The highest BCUT2D eigenvalue weighted by Gasteiger charge is 2.35. The zero-order chi connectivity index (χ0) is 16.3. The molecule has 1 saturated heterocycles. The van der Waals surface area contributed by atoms with Gasteiger partial charge >= 0.3 is 5.97 Å². The summed E-state index contributed by atoms with van der Waals surface area (Å²) in [5.41, 5.74) is 0.631. The van der Waals surface area contributed by atoms with Crippen LogP contribution in [0.15, 0.2) is 29.2 Å². The number of aliphatic carboxylic acids is 1. The third-order valence-corrected chi connectivity index (χ3v) is 5.05. The predicted octanol–water partition coefficient (Wildman–Crippen LogP) is 3.51. The maximum Gasteiger partial charge on any atom is 0.308 e. The number of nitrogens with zero attached hydrogens (tertiary/aromatic N) is 1. The van der Waals surface area contributed by atoms with Crippen molar-refractivity contribution in [2.45, 2.75) is 49.8 Å². The third-order valence-electron chi connectivity index (χ3n) is 4.04. The number of carbonyl (C=O) groups excluding carboxylic acids is 1. The summed E-state index contributed by atoms with van der Waals surface area (Å²) in [6.07, 6.45) is 1.39. The highest BCUT2D eigenvalue weighted by Crippen LogP contribution is 2.27. The minimum Gasteiger partial charge on any atom is -0.481 e. The van der Waals surface area contributed by atoms with Crippen LogP contribution in [0.2, 0.25) is 0 Å². The molecule has 0 aliphatic carbocycles. The van der Waals surface area contributed by atoms with Crippen LogP contribution in [-0.4, -0.2) is 39.7 Å². The van der Waals surface area contributed by atoms with Crippen LogP contribution < -0.4 is 0 Å². The van der Waals surface area contributed by atoms with E-state index in [0.29, 0.717) is 23.8 Å². The molecule has 0 unspecified atom stereocenters. The number of carboxylic acid groups (broad SMARTS) is 1. The highest BCUT2D eigenvalue weighted by molar-refractivity contribution is 7.99. The molecule has 1 aromatic carbocycles. The van der Waals surface area contributed by atoms with Crippen LogP contribution >= 0.6 is 11.8 Å². The van der Waals surface area contributed by atoms with E-state index in [4.69, 9.17) is 0 Å². The molecule has 1 aliphatic heterocycles. The summed E-state index contributed by atoms with van der Waals surface area (Å²) in [6.45, 7) is 6.72. The van der Waals surface area contributed by atoms with Crippen LogP contribution in [-0.2, 0) is 4.79 Å². The summed E-state index contributed by atoms with van der Waals surface area (Å²) in [5.74, 6) is -1.35. The number of amides is 1. The van der Waals surface area contributed by atoms with E-state index in [9.17, 15) is 14.7 Å². The zero-order valence-corrected chi connectivity index (χ0v) is 14.1. The Morgan fingerprint density at radius 1 is 1.27 bits per heavy atom. The Kier molecular flexibility index (Phi) is 5.51. The molecule has 22 heavy (non-hydrogen) atoms. The van der Waals surface area contributed by atoms with E-state index in [2.05, 4.69) is 13.8 Å². The van der Waals surface area contributed by atoms with Gasteiger partial charge in [-0.25, -0.2) is 0 Å². The quantitative estimate of drug-likeness (QED) is 0.862. The average molecular weight is 321 g/mol. The lowest BCUT2D eigenvalue weighted by molar-refractivity contribution is -0.144.